The van der Waals surface area contributed by atoms with E-state index in [9.17, 15) is 14.4 Å². The minimum Gasteiger partial charge on any atom is -0.497 e. The lowest BCUT2D eigenvalue weighted by atomic mass is 10.2. The van der Waals surface area contributed by atoms with Crippen molar-refractivity contribution < 1.29 is 61.8 Å². The van der Waals surface area contributed by atoms with Gasteiger partial charge in [-0.2, -0.15) is 0 Å². The molecule has 680 valence electrons. The Labute approximate surface area is 777 Å². The molecule has 14 rings (SSSR count). The summed E-state index contributed by atoms with van der Waals surface area (Å²) < 4.78 is 53.9. The summed E-state index contributed by atoms with van der Waals surface area (Å²) in [7, 11) is 22.9. The molecule has 0 saturated carbocycles. The molecule has 40 heteroatoms. The highest BCUT2D eigenvalue weighted by molar-refractivity contribution is 6.43. The third kappa shape index (κ3) is 23.4. The number of carbonyl (C=O) groups excluding carboxylic acids is 3. The number of urea groups is 3. The second-order valence-corrected chi connectivity index (χ2v) is 31.4. The highest BCUT2D eigenvalue weighted by Gasteiger charge is 2.31. The van der Waals surface area contributed by atoms with Crippen molar-refractivity contribution in [2.75, 3.05) is 239 Å². The molecule has 0 spiro atoms. The lowest BCUT2D eigenvalue weighted by Crippen LogP contribution is -2.44. The number of amides is 6. The topological polar surface area (TPSA) is 322 Å². The summed E-state index contributed by atoms with van der Waals surface area (Å²) in [5, 5.41) is 18.9. The van der Waals surface area contributed by atoms with Crippen molar-refractivity contribution in [1.29, 1.82) is 0 Å². The molecule has 3 fully saturated rings. The number of anilines is 17. The number of nitrogens with one attached hydrogen (secondary N) is 6. The smallest absolute Gasteiger partial charge is 0.332 e. The van der Waals surface area contributed by atoms with Gasteiger partial charge in [0.05, 0.1) is 105 Å². The standard InChI is InChI=1S/2C32H35Cl2N7O5.C25H29Cl2N7O3/c1-39-12-14-40(15-13-39)20-6-8-21(9-7-20)41(32(42)38-31-29(33)25(45-4)17-26(46-5)30(31)34)28-18-27(35-19-36-28)37-23-11-10-22(43-2)16-24(23)44-3;1-39-12-14-40(15-13-39)21-8-6-20(7-9-21)37-27-18-28(36-19-35-27)41(23-11-10-22(43-2)16-24(23)44-3)32(42)38-31-29(33)25(45-4)17-26(46-5)30(31)34;1-32-9-11-34(12-10-32)17-7-5-16(6-8-17)30-20-14-21(29-15-28-20)33(2)25(35)31-24-22(26)18(36-3)13-19(37-4)23(24)27/h2*6-11,16-19H,12-15H2,1-5H3,(H,38,42)(H,35,36,37);5-8,13-15H,9-12H2,1-4H3,(H,31,35)(H,28,29,30). The second kappa shape index (κ2) is 44.8. The molecule has 3 aliphatic rings. The van der Waals surface area contributed by atoms with E-state index in [4.69, 9.17) is 117 Å². The van der Waals surface area contributed by atoms with E-state index in [-0.39, 0.29) is 81.8 Å². The minimum absolute atomic E-state index is 0.0911. The van der Waals surface area contributed by atoms with E-state index >= 15 is 0 Å². The second-order valence-electron chi connectivity index (χ2n) is 29.1. The fraction of sp³-hybridized carbons (Fsp3) is 0.292. The number of piperazine rings is 3. The van der Waals surface area contributed by atoms with Crippen LogP contribution in [0.15, 0.2) is 165 Å². The Kier molecular flexibility index (Phi) is 33.1. The SMILES string of the molecule is COc1cc(OC)c(Cl)c(NC(=O)N(C)c2cc(Nc3ccc(N4CCN(C)CC4)cc3)ncn2)c1Cl.COc1ccc(N(C(=O)Nc2c(Cl)c(OC)cc(OC)c2Cl)c2cc(Nc3ccc(N4CCN(C)CC4)cc3)ncn2)c(OC)c1.COc1ccc(Nc2cc(N(C(=O)Nc3c(Cl)c(OC)cc(OC)c3Cl)c3ccc(N4CCN(C)CC4)cc3)ncn2)c(OC)c1. The normalized spacial score (nSPS) is 13.3. The first-order chi connectivity index (χ1) is 62.3. The number of methoxy groups -OCH3 is 10. The molecule has 3 aliphatic heterocycles. The summed E-state index contributed by atoms with van der Waals surface area (Å²) in [4.78, 5) is 85.5. The van der Waals surface area contributed by atoms with Crippen molar-refractivity contribution in [3.8, 4) is 57.5 Å². The Morgan fingerprint density at radius 2 is 0.628 bits per heavy atom. The van der Waals surface area contributed by atoms with Gasteiger partial charge in [-0.3, -0.25) is 4.90 Å². The molecule has 0 radical (unpaired) electrons. The lowest BCUT2D eigenvalue weighted by molar-refractivity contribution is 0.257. The molecule has 0 aliphatic carbocycles. The summed E-state index contributed by atoms with van der Waals surface area (Å²) in [5.74, 6) is 6.07. The van der Waals surface area contributed by atoms with Crippen molar-refractivity contribution in [1.82, 2.24) is 44.6 Å². The molecular weight excluding hydrogens is 1780 g/mol. The molecule has 0 atom stereocenters. The number of hydrogen-bond donors (Lipinski definition) is 6. The van der Waals surface area contributed by atoms with Crippen LogP contribution in [0.3, 0.4) is 0 Å². The predicted molar refractivity (Wildman–Crippen MR) is 512 cm³/mol. The molecule has 3 aromatic heterocycles. The molecule has 34 nitrogen and oxygen atoms in total. The van der Waals surface area contributed by atoms with E-state index in [1.165, 1.54) is 95.2 Å². The third-order valence-electron chi connectivity index (χ3n) is 21.2. The van der Waals surface area contributed by atoms with Crippen LogP contribution in [0.1, 0.15) is 0 Å². The molecule has 3 saturated heterocycles. The van der Waals surface area contributed by atoms with Crippen LogP contribution in [0, 0.1) is 0 Å². The zero-order valence-electron chi connectivity index (χ0n) is 73.4. The van der Waals surface area contributed by atoms with Gasteiger partial charge in [0.2, 0.25) is 0 Å². The molecule has 6 heterocycles. The Morgan fingerprint density at radius 1 is 0.318 bits per heavy atom. The van der Waals surface area contributed by atoms with Crippen LogP contribution in [0.25, 0.3) is 0 Å². The highest BCUT2D eigenvalue weighted by Crippen LogP contribution is 2.49. The van der Waals surface area contributed by atoms with E-state index in [0.29, 0.717) is 74.8 Å². The van der Waals surface area contributed by atoms with Crippen LogP contribution in [-0.2, 0) is 0 Å². The van der Waals surface area contributed by atoms with Crippen LogP contribution < -0.4 is 109 Å². The molecule has 11 aromatic rings. The monoisotopic (exact) mass is 1880 g/mol. The molecule has 0 unspecified atom stereocenters. The van der Waals surface area contributed by atoms with E-state index in [1.807, 2.05) is 48.5 Å². The number of aromatic nitrogens is 6. The first kappa shape index (κ1) is 95.3. The first-order valence-corrected chi connectivity index (χ1v) is 42.5. The molecule has 129 heavy (non-hydrogen) atoms. The van der Waals surface area contributed by atoms with Crippen molar-refractivity contribution in [3.05, 3.63) is 195 Å². The molecule has 8 aromatic carbocycles. The van der Waals surface area contributed by atoms with E-state index in [1.54, 1.807) is 95.1 Å². The van der Waals surface area contributed by atoms with Gasteiger partial charge in [-0.1, -0.05) is 69.6 Å². The van der Waals surface area contributed by atoms with Crippen molar-refractivity contribution in [3.63, 3.8) is 0 Å². The van der Waals surface area contributed by atoms with Crippen LogP contribution in [0.4, 0.5) is 112 Å². The summed E-state index contributed by atoms with van der Waals surface area (Å²) >= 11 is 39.1. The minimum atomic E-state index is -0.649. The molecule has 0 bridgehead atoms. The van der Waals surface area contributed by atoms with Crippen LogP contribution >= 0.6 is 69.6 Å². The third-order valence-corrected chi connectivity index (χ3v) is 23.4. The maximum atomic E-state index is 14.2. The zero-order valence-corrected chi connectivity index (χ0v) is 77.9. The fourth-order valence-corrected chi connectivity index (χ4v) is 15.6. The summed E-state index contributed by atoms with van der Waals surface area (Å²) in [6.07, 6.45) is 4.11. The quantitative estimate of drug-likeness (QED) is 0.0279. The highest BCUT2D eigenvalue weighted by atomic mass is 35.5. The average Bonchev–Trinajstić information content (AvgIpc) is 0.784. The van der Waals surface area contributed by atoms with E-state index in [2.05, 4.69) is 137 Å². The maximum Gasteiger partial charge on any atom is 0.332 e. The Hall–Kier alpha value is -12.8. The molecule has 6 amide bonds. The lowest BCUT2D eigenvalue weighted by Gasteiger charge is -2.34. The summed E-state index contributed by atoms with van der Waals surface area (Å²) in [6.45, 7) is 11.9. The van der Waals surface area contributed by atoms with Crippen LogP contribution in [0.5, 0.6) is 57.5 Å². The van der Waals surface area contributed by atoms with Gasteiger partial charge in [0.25, 0.3) is 0 Å². The number of ether oxygens (including phenoxy) is 10. The van der Waals surface area contributed by atoms with Gasteiger partial charge in [0, 0.05) is 163 Å². The number of halogens is 6. The molecular formula is C89H99Cl6N21O13. The van der Waals surface area contributed by atoms with Crippen molar-refractivity contribution >= 4 is 185 Å². The van der Waals surface area contributed by atoms with Crippen molar-refractivity contribution in [2.24, 2.45) is 0 Å². The number of benzene rings is 8. The molecule has 6 N–H and O–H groups in total. The number of rotatable bonds is 27. The Bertz CT molecular complexity index is 5630. The van der Waals surface area contributed by atoms with Gasteiger partial charge in [0.15, 0.2) is 0 Å². The van der Waals surface area contributed by atoms with Gasteiger partial charge in [-0.15, -0.1) is 0 Å². The van der Waals surface area contributed by atoms with E-state index in [0.717, 1.165) is 101 Å². The van der Waals surface area contributed by atoms with E-state index < -0.39 is 18.1 Å². The number of likely N-dealkylation sites (N-methyl/N-ethyl adjacent to an activating group) is 3. The van der Waals surface area contributed by atoms with Gasteiger partial charge in [0.1, 0.15) is 142 Å². The summed E-state index contributed by atoms with van der Waals surface area (Å²) in [6, 6.07) is 42.3. The Morgan fingerprint density at radius 3 is 0.992 bits per heavy atom. The average molecular weight is 1880 g/mol. The van der Waals surface area contributed by atoms with Crippen LogP contribution in [-0.4, -0.2) is 241 Å². The summed E-state index contributed by atoms with van der Waals surface area (Å²) in [5.41, 5.74) is 7.03. The van der Waals surface area contributed by atoms with Gasteiger partial charge < -0.3 is 109 Å². The van der Waals surface area contributed by atoms with Gasteiger partial charge >= 0.3 is 18.1 Å². The van der Waals surface area contributed by atoms with Crippen LogP contribution in [0.2, 0.25) is 30.1 Å². The predicted octanol–water partition coefficient (Wildman–Crippen LogP) is 18.3. The number of nitrogens with zero attached hydrogens (tertiary/aromatic N) is 15. The largest absolute Gasteiger partial charge is 0.497 e. The van der Waals surface area contributed by atoms with Gasteiger partial charge in [-0.05, 0) is 118 Å². The number of carbonyl (C=O) groups is 3. The van der Waals surface area contributed by atoms with Gasteiger partial charge in [-0.25, -0.2) is 54.1 Å². The van der Waals surface area contributed by atoms with Crippen molar-refractivity contribution in [2.45, 2.75) is 0 Å². The fourth-order valence-electron chi connectivity index (χ4n) is 13.8. The number of hydrogen-bond acceptors (Lipinski definition) is 28. The zero-order chi connectivity index (χ0) is 92.1. The Balaban J connectivity index is 0.000000177. The maximum absolute atomic E-state index is 14.2. The first-order valence-electron chi connectivity index (χ1n) is 40.2.